The third kappa shape index (κ3) is 7.89. The lowest BCUT2D eigenvalue weighted by molar-refractivity contribution is 0.0257. The van der Waals surface area contributed by atoms with Crippen LogP contribution in [-0.4, -0.2) is 57.6 Å². The number of guanidine groups is 1. The summed E-state index contributed by atoms with van der Waals surface area (Å²) in [5.41, 5.74) is 1.29. The van der Waals surface area contributed by atoms with Gasteiger partial charge in [-0.05, 0) is 44.6 Å². The molecule has 0 bridgehead atoms. The van der Waals surface area contributed by atoms with Crippen molar-refractivity contribution >= 4 is 5.96 Å². The van der Waals surface area contributed by atoms with Crippen LogP contribution in [0.15, 0.2) is 35.3 Å². The van der Waals surface area contributed by atoms with E-state index in [9.17, 15) is 0 Å². The van der Waals surface area contributed by atoms with E-state index < -0.39 is 0 Å². The minimum absolute atomic E-state index is 0.0169. The lowest BCUT2D eigenvalue weighted by Gasteiger charge is -2.41. The number of nitrogens with one attached hydrogen (secondary N) is 3. The van der Waals surface area contributed by atoms with Crippen LogP contribution in [0.4, 0.5) is 0 Å². The highest BCUT2D eigenvalue weighted by Crippen LogP contribution is 2.25. The predicted molar refractivity (Wildman–Crippen MR) is 125 cm³/mol. The molecule has 170 valence electrons. The van der Waals surface area contributed by atoms with Crippen LogP contribution in [0, 0.1) is 5.92 Å². The van der Waals surface area contributed by atoms with E-state index in [0.29, 0.717) is 5.92 Å². The molecular formula is C24H42N4O2. The number of benzene rings is 1. The van der Waals surface area contributed by atoms with Gasteiger partial charge in [-0.3, -0.25) is 4.99 Å². The zero-order chi connectivity index (χ0) is 21.8. The summed E-state index contributed by atoms with van der Waals surface area (Å²) < 4.78 is 11.5. The fourth-order valence-electron chi connectivity index (χ4n) is 4.05. The van der Waals surface area contributed by atoms with E-state index in [1.165, 1.54) is 5.56 Å². The molecule has 1 saturated heterocycles. The summed E-state index contributed by atoms with van der Waals surface area (Å²) in [5, 5.41) is 10.9. The van der Waals surface area contributed by atoms with Gasteiger partial charge in [0.2, 0.25) is 0 Å². The maximum atomic E-state index is 5.85. The van der Waals surface area contributed by atoms with Crippen LogP contribution in [0.2, 0.25) is 0 Å². The SMILES string of the molecule is CCOC(CCNC(=NC)NCC1(NC(C)c2ccccc2)CCOCC1)C(C)C. The van der Waals surface area contributed by atoms with Crippen LogP contribution in [0.3, 0.4) is 0 Å². The van der Waals surface area contributed by atoms with Crippen LogP contribution < -0.4 is 16.0 Å². The van der Waals surface area contributed by atoms with Crippen molar-refractivity contribution in [2.45, 2.75) is 64.6 Å². The van der Waals surface area contributed by atoms with E-state index in [2.05, 4.69) is 79.0 Å². The molecule has 2 rings (SSSR count). The molecule has 0 spiro atoms. The fourth-order valence-corrected chi connectivity index (χ4v) is 4.05. The molecule has 3 N–H and O–H groups in total. The summed E-state index contributed by atoms with van der Waals surface area (Å²) in [6, 6.07) is 10.9. The van der Waals surface area contributed by atoms with Crippen molar-refractivity contribution in [3.8, 4) is 0 Å². The third-order valence-electron chi connectivity index (χ3n) is 5.94. The van der Waals surface area contributed by atoms with E-state index in [0.717, 1.165) is 58.1 Å². The summed E-state index contributed by atoms with van der Waals surface area (Å²) >= 11 is 0. The van der Waals surface area contributed by atoms with Crippen molar-refractivity contribution in [2.24, 2.45) is 10.9 Å². The van der Waals surface area contributed by atoms with Gasteiger partial charge >= 0.3 is 0 Å². The molecule has 1 aromatic carbocycles. The van der Waals surface area contributed by atoms with Crippen LogP contribution in [0.25, 0.3) is 0 Å². The zero-order valence-corrected chi connectivity index (χ0v) is 19.5. The maximum Gasteiger partial charge on any atom is 0.191 e. The summed E-state index contributed by atoms with van der Waals surface area (Å²) in [5.74, 6) is 1.35. The molecular weight excluding hydrogens is 376 g/mol. The number of aliphatic imine (C=N–C) groups is 1. The highest BCUT2D eigenvalue weighted by molar-refractivity contribution is 5.79. The Balaban J connectivity index is 1.90. The second-order valence-corrected chi connectivity index (χ2v) is 8.55. The van der Waals surface area contributed by atoms with E-state index in [1.54, 1.807) is 0 Å². The molecule has 2 unspecified atom stereocenters. The Bertz CT molecular complexity index is 615. The average molecular weight is 419 g/mol. The van der Waals surface area contributed by atoms with Gasteiger partial charge in [0.25, 0.3) is 0 Å². The molecule has 1 aromatic rings. The third-order valence-corrected chi connectivity index (χ3v) is 5.94. The van der Waals surface area contributed by atoms with E-state index in [-0.39, 0.29) is 17.7 Å². The molecule has 1 fully saturated rings. The molecule has 6 nitrogen and oxygen atoms in total. The smallest absolute Gasteiger partial charge is 0.191 e. The molecule has 0 saturated carbocycles. The number of ether oxygens (including phenoxy) is 2. The largest absolute Gasteiger partial charge is 0.381 e. The Morgan fingerprint density at radius 3 is 2.43 bits per heavy atom. The first-order valence-electron chi connectivity index (χ1n) is 11.5. The van der Waals surface area contributed by atoms with E-state index in [4.69, 9.17) is 9.47 Å². The molecule has 0 aliphatic carbocycles. The van der Waals surface area contributed by atoms with Gasteiger partial charge in [0.1, 0.15) is 0 Å². The fraction of sp³-hybridized carbons (Fsp3) is 0.708. The van der Waals surface area contributed by atoms with Gasteiger partial charge in [0.05, 0.1) is 6.10 Å². The molecule has 30 heavy (non-hydrogen) atoms. The van der Waals surface area contributed by atoms with Gasteiger partial charge in [0.15, 0.2) is 5.96 Å². The molecule has 1 aliphatic heterocycles. The normalized spacial score (nSPS) is 18.8. The van der Waals surface area contributed by atoms with Crippen molar-refractivity contribution in [3.05, 3.63) is 35.9 Å². The highest BCUT2D eigenvalue weighted by atomic mass is 16.5. The number of nitrogens with zero attached hydrogens (tertiary/aromatic N) is 1. The number of hydrogen-bond acceptors (Lipinski definition) is 4. The molecule has 6 heteroatoms. The lowest BCUT2D eigenvalue weighted by atomic mass is 9.88. The molecule has 1 aliphatic rings. The monoisotopic (exact) mass is 418 g/mol. The highest BCUT2D eigenvalue weighted by Gasteiger charge is 2.34. The van der Waals surface area contributed by atoms with Gasteiger partial charge in [-0.25, -0.2) is 0 Å². The first-order chi connectivity index (χ1) is 14.5. The quantitative estimate of drug-likeness (QED) is 0.379. The van der Waals surface area contributed by atoms with Gasteiger partial charge in [0, 0.05) is 51.5 Å². The first kappa shape index (κ1) is 24.6. The van der Waals surface area contributed by atoms with Gasteiger partial charge in [-0.2, -0.15) is 0 Å². The van der Waals surface area contributed by atoms with Crippen LogP contribution in [0.1, 0.15) is 58.6 Å². The molecule has 0 aromatic heterocycles. The second kappa shape index (κ2) is 12.9. The van der Waals surface area contributed by atoms with Gasteiger partial charge < -0.3 is 25.4 Å². The Morgan fingerprint density at radius 1 is 1.13 bits per heavy atom. The van der Waals surface area contributed by atoms with Crippen LogP contribution in [-0.2, 0) is 9.47 Å². The first-order valence-corrected chi connectivity index (χ1v) is 11.5. The molecule has 2 atom stereocenters. The van der Waals surface area contributed by atoms with E-state index in [1.807, 2.05) is 7.05 Å². The minimum atomic E-state index is -0.0169. The van der Waals surface area contributed by atoms with Crippen molar-refractivity contribution in [2.75, 3.05) is 40.0 Å². The van der Waals surface area contributed by atoms with Crippen molar-refractivity contribution in [1.82, 2.24) is 16.0 Å². The van der Waals surface area contributed by atoms with Gasteiger partial charge in [-0.1, -0.05) is 44.2 Å². The average Bonchev–Trinajstić information content (AvgIpc) is 2.76. The summed E-state index contributed by atoms with van der Waals surface area (Å²) in [6.07, 6.45) is 3.20. The summed E-state index contributed by atoms with van der Waals surface area (Å²) in [4.78, 5) is 4.42. The standard InChI is InChI=1S/C24H42N4O2/c1-6-30-22(19(2)3)12-15-26-23(25-5)27-18-24(13-16-29-17-14-24)28-20(4)21-10-8-7-9-11-21/h7-11,19-20,22,28H,6,12-18H2,1-5H3,(H2,25,26,27). The van der Waals surface area contributed by atoms with Crippen molar-refractivity contribution in [3.63, 3.8) is 0 Å². The predicted octanol–water partition coefficient (Wildman–Crippen LogP) is 3.50. The van der Waals surface area contributed by atoms with E-state index >= 15 is 0 Å². The Morgan fingerprint density at radius 2 is 1.83 bits per heavy atom. The topological polar surface area (TPSA) is 66.9 Å². The Labute approximate surface area is 183 Å². The summed E-state index contributed by atoms with van der Waals surface area (Å²) in [7, 11) is 1.83. The van der Waals surface area contributed by atoms with Crippen molar-refractivity contribution < 1.29 is 9.47 Å². The second-order valence-electron chi connectivity index (χ2n) is 8.55. The molecule has 0 amide bonds. The number of hydrogen-bond donors (Lipinski definition) is 3. The summed E-state index contributed by atoms with van der Waals surface area (Å²) in [6.45, 7) is 12.7. The number of rotatable bonds is 11. The van der Waals surface area contributed by atoms with Gasteiger partial charge in [-0.15, -0.1) is 0 Å². The van der Waals surface area contributed by atoms with Crippen LogP contribution in [0.5, 0.6) is 0 Å². The molecule has 1 heterocycles. The Kier molecular flexibility index (Phi) is 10.6. The Hall–Kier alpha value is -1.63. The molecule has 0 radical (unpaired) electrons. The minimum Gasteiger partial charge on any atom is -0.381 e. The van der Waals surface area contributed by atoms with Crippen molar-refractivity contribution in [1.29, 1.82) is 0 Å². The maximum absolute atomic E-state index is 5.85. The van der Waals surface area contributed by atoms with Crippen LogP contribution >= 0.6 is 0 Å². The zero-order valence-electron chi connectivity index (χ0n) is 19.5. The lowest BCUT2D eigenvalue weighted by Crippen LogP contribution is -2.58.